The Morgan fingerprint density at radius 1 is 0.280 bits per heavy atom. The highest BCUT2D eigenvalue weighted by atomic mass is 15.0. The number of hydrogen-bond donors (Lipinski definition) is 0. The Morgan fingerprint density at radius 2 is 0.660 bits per heavy atom. The topological polar surface area (TPSA) is 14.8 Å². The largest absolute Gasteiger partial charge is 0.310 e. The molecule has 0 N–H and O–H groups in total. The summed E-state index contributed by atoms with van der Waals surface area (Å²) < 4.78 is 153. The normalized spacial score (nSPS) is 14.8. The Morgan fingerprint density at radius 3 is 1.12 bits per heavy atom. The Kier molecular flexibility index (Phi) is 10.3. The summed E-state index contributed by atoms with van der Waals surface area (Å²) in [6, 6.07) is 64.9. The molecule has 4 heteroatoms. The summed E-state index contributed by atoms with van der Waals surface area (Å²) in [5.74, 6) is 0. The van der Waals surface area contributed by atoms with Crippen LogP contribution in [0.4, 0.5) is 0 Å². The number of aromatic nitrogens is 3. The van der Waals surface area contributed by atoms with E-state index in [1.165, 1.54) is 4.57 Å². The van der Waals surface area contributed by atoms with Crippen molar-refractivity contribution >= 4 is 132 Å². The minimum absolute atomic E-state index is 0.00161. The average Bonchev–Trinajstić information content (AvgIpc) is 1.05. The zero-order valence-corrected chi connectivity index (χ0v) is 57.1. The molecule has 0 saturated carbocycles. The average molecular weight is 1300 g/mol. The number of benzene rings is 14. The van der Waals surface area contributed by atoms with Crippen molar-refractivity contribution in [3.8, 4) is 50.4 Å². The maximum absolute atomic E-state index is 11.8. The van der Waals surface area contributed by atoms with Gasteiger partial charge in [-0.3, -0.25) is 0 Å². The van der Waals surface area contributed by atoms with Crippen molar-refractivity contribution < 1.29 is 19.2 Å². The van der Waals surface area contributed by atoms with Crippen molar-refractivity contribution in [2.45, 2.75) is 78.6 Å². The van der Waals surface area contributed by atoms with Gasteiger partial charge in [-0.1, -0.05) is 329 Å². The van der Waals surface area contributed by atoms with Crippen LogP contribution < -0.4 is 16.4 Å². The van der Waals surface area contributed by atoms with Gasteiger partial charge in [-0.25, -0.2) is 0 Å². The van der Waals surface area contributed by atoms with Gasteiger partial charge in [-0.15, -0.1) is 0 Å². The van der Waals surface area contributed by atoms with Crippen molar-refractivity contribution in [2.75, 3.05) is 0 Å². The number of fused-ring (bicyclic) bond motifs is 21. The summed E-state index contributed by atoms with van der Waals surface area (Å²) in [6.45, 7) is 17.7. The third-order valence-electron chi connectivity index (χ3n) is 20.9. The van der Waals surface area contributed by atoms with Gasteiger partial charge in [-0.05, 0) is 145 Å². The van der Waals surface area contributed by atoms with E-state index in [-0.39, 0.29) is 79.2 Å². The van der Waals surface area contributed by atoms with Gasteiger partial charge < -0.3 is 13.7 Å². The highest BCUT2D eigenvalue weighted by molar-refractivity contribution is 7.00. The third-order valence-corrected chi connectivity index (χ3v) is 20.9. The van der Waals surface area contributed by atoms with Crippen LogP contribution in [-0.4, -0.2) is 20.4 Å². The lowest BCUT2D eigenvalue weighted by Gasteiger charge is -2.38. The maximum Gasteiger partial charge on any atom is 0.252 e. The SMILES string of the molecule is [2H]c1c2c3c(c([2H])c1C(C)(C)C)-n1c4c(-c5ccccc5)cccc4c4ccccc4c4ccccc4c4c(-n5c6c([2H])c([2H])c([2H])c([2H])c6c6c([2H])c([2H])c([2H])c([2H])c65)c([2H])c([2H])c(c41)B3c1c([2H])c([2H])c(-c3cc(C(C)(C)C)cc(C(C)(C)C)c3)c3c4ccccc4c4ccccc4c4cccc(-c5ccccc5)c4n-2c13. The molecule has 0 bridgehead atoms. The zero-order valence-electron chi connectivity index (χ0n) is 71.1. The molecule has 2 aliphatic rings. The van der Waals surface area contributed by atoms with Crippen LogP contribution >= 0.6 is 0 Å². The first-order valence-electron chi connectivity index (χ1n) is 41.5. The van der Waals surface area contributed by atoms with Crippen LogP contribution in [-0.2, 0) is 16.2 Å². The summed E-state index contributed by atoms with van der Waals surface area (Å²) in [7, 11) is 0. The molecule has 0 amide bonds. The fourth-order valence-corrected chi connectivity index (χ4v) is 16.2. The second kappa shape index (κ2) is 22.0. The standard InChI is InChI=1S/C96H76BN3/c1-94(2,3)62-54-61(55-63(56-62)95(4,5)6)65-50-51-80-92-87(65)76-42-22-20-36-70(76)68-34-16-18-38-72(68)78-46-28-44-66(59-30-12-10-13-31-59)90(78)99(92)85-57-64(96(7,8)9)58-86-89(85)97(80)81-52-53-84(98-82-48-26-24-40-74(82)75-41-25-27-49-83(75)98)88-77-43-23-21-37-71(77)69-35-17-19-39-73(69)79-47-29-45-67(60-32-14-11-15-33-60)91(79)100(86)93(81)88/h10-58H,1-9H3/i24D,25D,26D,27D,40D,41D,48D,49D,50D,51D,52D,53D,57D,58D. The van der Waals surface area contributed by atoms with Crippen molar-refractivity contribution in [1.82, 2.24) is 13.7 Å². The molecule has 2 aliphatic heterocycles. The van der Waals surface area contributed by atoms with E-state index in [9.17, 15) is 19.2 Å². The lowest BCUT2D eigenvalue weighted by atomic mass is 9.34. The van der Waals surface area contributed by atoms with Gasteiger partial charge in [0.25, 0.3) is 6.71 Å². The highest BCUT2D eigenvalue weighted by Crippen LogP contribution is 2.48. The van der Waals surface area contributed by atoms with E-state index in [4.69, 9.17) is 0 Å². The number of hydrogen-bond acceptors (Lipinski definition) is 0. The van der Waals surface area contributed by atoms with Crippen molar-refractivity contribution in [3.05, 3.63) is 314 Å². The predicted octanol–water partition coefficient (Wildman–Crippen LogP) is 23.9. The Labute approximate surface area is 604 Å². The zero-order chi connectivity index (χ0) is 79.8. The van der Waals surface area contributed by atoms with Gasteiger partial charge >= 0.3 is 0 Å². The van der Waals surface area contributed by atoms with Crippen LogP contribution in [0.25, 0.3) is 159 Å². The molecule has 19 rings (SSSR count). The molecule has 3 nitrogen and oxygen atoms in total. The fourth-order valence-electron chi connectivity index (χ4n) is 16.2. The van der Waals surface area contributed by atoms with E-state index in [2.05, 4.69) is 136 Å². The van der Waals surface area contributed by atoms with Crippen LogP contribution in [0.1, 0.15) is 98.2 Å². The minimum atomic E-state index is -1.44. The molecule has 0 atom stereocenters. The molecule has 478 valence electrons. The quantitative estimate of drug-likeness (QED) is 0.156. The van der Waals surface area contributed by atoms with Gasteiger partial charge in [0.2, 0.25) is 0 Å². The lowest BCUT2D eigenvalue weighted by Crippen LogP contribution is -2.60. The summed E-state index contributed by atoms with van der Waals surface area (Å²) >= 11 is 0. The van der Waals surface area contributed by atoms with E-state index in [0.29, 0.717) is 76.9 Å². The second-order valence-electron chi connectivity index (χ2n) is 30.0. The number of para-hydroxylation sites is 4. The Balaban J connectivity index is 1.22. The molecule has 0 radical (unpaired) electrons. The molecule has 5 heterocycles. The summed E-state index contributed by atoms with van der Waals surface area (Å²) in [5.41, 5.74) is 7.14. The molecule has 0 saturated heterocycles. The van der Waals surface area contributed by atoms with Crippen molar-refractivity contribution in [1.29, 1.82) is 0 Å². The van der Waals surface area contributed by atoms with Gasteiger partial charge in [0.15, 0.2) is 0 Å². The van der Waals surface area contributed by atoms with E-state index >= 15 is 0 Å². The van der Waals surface area contributed by atoms with Gasteiger partial charge in [0.05, 0.1) is 52.5 Å². The first kappa shape index (κ1) is 46.7. The Bertz CT molecular complexity index is 7290. The molecule has 14 aromatic carbocycles. The van der Waals surface area contributed by atoms with Crippen LogP contribution in [0.5, 0.6) is 0 Å². The first-order valence-corrected chi connectivity index (χ1v) is 34.5. The van der Waals surface area contributed by atoms with Gasteiger partial charge in [0, 0.05) is 60.3 Å². The molecule has 3 aromatic heterocycles. The van der Waals surface area contributed by atoms with E-state index < -0.39 is 83.4 Å². The van der Waals surface area contributed by atoms with E-state index in [0.717, 1.165) is 60.1 Å². The number of rotatable bonds is 4. The first-order chi connectivity index (χ1) is 54.4. The molecule has 0 fully saturated rings. The van der Waals surface area contributed by atoms with Crippen molar-refractivity contribution in [3.63, 3.8) is 0 Å². The molecule has 0 unspecified atom stereocenters. The molecule has 17 aromatic rings. The van der Waals surface area contributed by atoms with E-state index in [1.807, 2.05) is 148 Å². The van der Waals surface area contributed by atoms with Crippen LogP contribution in [0, 0.1) is 0 Å². The summed E-state index contributed by atoms with van der Waals surface area (Å²) in [5, 5.41) is 7.58. The summed E-state index contributed by atoms with van der Waals surface area (Å²) in [6.07, 6.45) is 0. The third kappa shape index (κ3) is 8.91. The molecule has 0 aliphatic carbocycles. The second-order valence-corrected chi connectivity index (χ2v) is 30.0. The van der Waals surface area contributed by atoms with Crippen LogP contribution in [0.2, 0.25) is 0 Å². The number of nitrogens with zero attached hydrogens (tertiary/aromatic N) is 3. The molecule has 100 heavy (non-hydrogen) atoms. The molecule has 0 spiro atoms. The maximum atomic E-state index is 11.8. The molecular weight excluding hydrogens is 1210 g/mol. The summed E-state index contributed by atoms with van der Waals surface area (Å²) in [4.78, 5) is 0. The smallest absolute Gasteiger partial charge is 0.252 e. The Hall–Kier alpha value is -11.5. The lowest BCUT2D eigenvalue weighted by molar-refractivity contribution is 0.569. The fraction of sp³-hybridized carbons (Fsp3) is 0.125. The minimum Gasteiger partial charge on any atom is -0.310 e. The predicted molar refractivity (Wildman–Crippen MR) is 432 cm³/mol. The van der Waals surface area contributed by atoms with Crippen LogP contribution in [0.15, 0.2) is 297 Å². The monoisotopic (exact) mass is 1300 g/mol. The van der Waals surface area contributed by atoms with Crippen LogP contribution in [0.3, 0.4) is 0 Å². The highest BCUT2D eigenvalue weighted by Gasteiger charge is 2.42. The van der Waals surface area contributed by atoms with Crippen molar-refractivity contribution in [2.24, 2.45) is 0 Å². The van der Waals surface area contributed by atoms with Gasteiger partial charge in [0.1, 0.15) is 0 Å². The van der Waals surface area contributed by atoms with Gasteiger partial charge in [-0.2, -0.15) is 0 Å². The van der Waals surface area contributed by atoms with E-state index in [1.54, 1.807) is 0 Å². The molecular formula is C96H76BN3.